The lowest BCUT2D eigenvalue weighted by Gasteiger charge is -2.34. The molecule has 1 aliphatic heterocycles. The van der Waals surface area contributed by atoms with E-state index < -0.39 is 44.1 Å². The van der Waals surface area contributed by atoms with Crippen LogP contribution in [0.2, 0.25) is 0 Å². The molecule has 1 saturated heterocycles. The maximum atomic E-state index is 13.4. The van der Waals surface area contributed by atoms with Crippen LogP contribution in [-0.4, -0.2) is 54.6 Å². The molecule has 2 aromatic carbocycles. The molecule has 0 aromatic heterocycles. The Morgan fingerprint density at radius 2 is 1.68 bits per heavy atom. The van der Waals surface area contributed by atoms with Gasteiger partial charge in [-0.2, -0.15) is 17.5 Å². The van der Waals surface area contributed by atoms with E-state index >= 15 is 0 Å². The van der Waals surface area contributed by atoms with E-state index in [2.05, 4.69) is 0 Å². The zero-order chi connectivity index (χ0) is 23.0. The number of sulfonamides is 1. The van der Waals surface area contributed by atoms with Crippen LogP contribution in [0, 0.1) is 15.9 Å². The SMILES string of the molecule is O=C(c1ccc(F)c(C(F)(F)F)c1)N1CCN(S(=O)(=O)c2cccc([N+](=O)[O-])c2)CC1. The summed E-state index contributed by atoms with van der Waals surface area (Å²) in [6, 6.07) is 6.41. The van der Waals surface area contributed by atoms with Crippen molar-refractivity contribution in [3.63, 3.8) is 0 Å². The second-order valence-electron chi connectivity index (χ2n) is 6.64. The van der Waals surface area contributed by atoms with Crippen molar-refractivity contribution < 1.29 is 35.7 Å². The Balaban J connectivity index is 1.74. The highest BCUT2D eigenvalue weighted by Crippen LogP contribution is 2.32. The molecular formula is C18H15F4N3O5S. The molecule has 1 heterocycles. The molecule has 1 fully saturated rings. The van der Waals surface area contributed by atoms with Crippen molar-refractivity contribution in [2.45, 2.75) is 11.1 Å². The van der Waals surface area contributed by atoms with Gasteiger partial charge in [-0.05, 0) is 24.3 Å². The van der Waals surface area contributed by atoms with Crippen LogP contribution in [0.15, 0.2) is 47.4 Å². The van der Waals surface area contributed by atoms with Crippen molar-refractivity contribution in [1.82, 2.24) is 9.21 Å². The van der Waals surface area contributed by atoms with Crippen molar-refractivity contribution in [1.29, 1.82) is 0 Å². The molecule has 0 bridgehead atoms. The molecule has 1 aliphatic rings. The average molecular weight is 461 g/mol. The second kappa shape index (κ2) is 8.23. The van der Waals surface area contributed by atoms with Crippen molar-refractivity contribution >= 4 is 21.6 Å². The van der Waals surface area contributed by atoms with Crippen LogP contribution in [0.3, 0.4) is 0 Å². The highest BCUT2D eigenvalue weighted by Gasteiger charge is 2.36. The number of carbonyl (C=O) groups is 1. The van der Waals surface area contributed by atoms with Gasteiger partial charge in [0.2, 0.25) is 10.0 Å². The molecular weight excluding hydrogens is 446 g/mol. The second-order valence-corrected chi connectivity index (χ2v) is 8.58. The first-order chi connectivity index (χ1) is 14.4. The van der Waals surface area contributed by atoms with Crippen molar-refractivity contribution in [2.24, 2.45) is 0 Å². The van der Waals surface area contributed by atoms with Gasteiger partial charge in [0.15, 0.2) is 0 Å². The van der Waals surface area contributed by atoms with E-state index in [1.807, 2.05) is 0 Å². The van der Waals surface area contributed by atoms with E-state index in [1.165, 1.54) is 12.1 Å². The van der Waals surface area contributed by atoms with Crippen LogP contribution in [0.5, 0.6) is 0 Å². The maximum absolute atomic E-state index is 13.4. The number of hydrogen-bond acceptors (Lipinski definition) is 5. The van der Waals surface area contributed by atoms with Crippen LogP contribution in [0.4, 0.5) is 23.2 Å². The maximum Gasteiger partial charge on any atom is 0.419 e. The Bertz CT molecular complexity index is 1130. The molecule has 0 unspecified atom stereocenters. The van der Waals surface area contributed by atoms with Gasteiger partial charge in [-0.25, -0.2) is 12.8 Å². The number of alkyl halides is 3. The van der Waals surface area contributed by atoms with Gasteiger partial charge in [0.05, 0.1) is 15.4 Å². The lowest BCUT2D eigenvalue weighted by molar-refractivity contribution is -0.385. The molecule has 0 N–H and O–H groups in total. The van der Waals surface area contributed by atoms with Gasteiger partial charge in [0.1, 0.15) is 5.82 Å². The number of amides is 1. The Hall–Kier alpha value is -3.06. The number of nitrogens with zero attached hydrogens (tertiary/aromatic N) is 3. The molecule has 0 atom stereocenters. The van der Waals surface area contributed by atoms with Crippen molar-refractivity contribution in [3.8, 4) is 0 Å². The third-order valence-electron chi connectivity index (χ3n) is 4.71. The quantitative estimate of drug-likeness (QED) is 0.396. The fourth-order valence-corrected chi connectivity index (χ4v) is 4.56. The van der Waals surface area contributed by atoms with Gasteiger partial charge in [0, 0.05) is 43.9 Å². The summed E-state index contributed by atoms with van der Waals surface area (Å²) in [6.07, 6.45) is -4.97. The van der Waals surface area contributed by atoms with Crippen molar-refractivity contribution in [3.05, 3.63) is 69.5 Å². The zero-order valence-electron chi connectivity index (χ0n) is 15.7. The first kappa shape index (κ1) is 22.6. The molecule has 166 valence electrons. The van der Waals surface area contributed by atoms with Gasteiger partial charge in [-0.15, -0.1) is 0 Å². The minimum absolute atomic E-state index is 0.119. The van der Waals surface area contributed by atoms with E-state index in [4.69, 9.17) is 0 Å². The predicted octanol–water partition coefficient (Wildman–Crippen LogP) is 2.90. The fraction of sp³-hybridized carbons (Fsp3) is 0.278. The van der Waals surface area contributed by atoms with Crippen LogP contribution >= 0.6 is 0 Å². The lowest BCUT2D eigenvalue weighted by atomic mass is 10.1. The number of benzene rings is 2. The predicted molar refractivity (Wildman–Crippen MR) is 99.2 cm³/mol. The summed E-state index contributed by atoms with van der Waals surface area (Å²) in [5.41, 5.74) is -2.33. The normalized spacial score (nSPS) is 15.7. The molecule has 0 radical (unpaired) electrons. The Labute approximate surface area is 173 Å². The summed E-state index contributed by atoms with van der Waals surface area (Å²) in [4.78, 5) is 23.6. The summed E-state index contributed by atoms with van der Waals surface area (Å²) in [6.45, 7) is -0.564. The molecule has 8 nitrogen and oxygen atoms in total. The third-order valence-corrected chi connectivity index (χ3v) is 6.61. The monoisotopic (exact) mass is 461 g/mol. The molecule has 13 heteroatoms. The van der Waals surface area contributed by atoms with Crippen LogP contribution in [0.25, 0.3) is 0 Å². The Kier molecular flexibility index (Phi) is 6.00. The van der Waals surface area contributed by atoms with Crippen LogP contribution in [-0.2, 0) is 16.2 Å². The fourth-order valence-electron chi connectivity index (χ4n) is 3.10. The summed E-state index contributed by atoms with van der Waals surface area (Å²) in [7, 11) is -4.07. The summed E-state index contributed by atoms with van der Waals surface area (Å²) < 4.78 is 78.6. The van der Waals surface area contributed by atoms with Gasteiger partial charge >= 0.3 is 6.18 Å². The largest absolute Gasteiger partial charge is 0.419 e. The number of hydrogen-bond donors (Lipinski definition) is 0. The average Bonchev–Trinajstić information content (AvgIpc) is 2.73. The van der Waals surface area contributed by atoms with Crippen LogP contribution in [0.1, 0.15) is 15.9 Å². The molecule has 31 heavy (non-hydrogen) atoms. The molecule has 0 spiro atoms. The Morgan fingerprint density at radius 3 is 2.26 bits per heavy atom. The topological polar surface area (TPSA) is 101 Å². The first-order valence-electron chi connectivity index (χ1n) is 8.82. The summed E-state index contributed by atoms with van der Waals surface area (Å²) in [5.74, 6) is -2.30. The molecule has 0 saturated carbocycles. The van der Waals surface area contributed by atoms with E-state index in [1.54, 1.807) is 0 Å². The highest BCUT2D eigenvalue weighted by molar-refractivity contribution is 7.89. The third kappa shape index (κ3) is 4.66. The molecule has 0 aliphatic carbocycles. The molecule has 3 rings (SSSR count). The minimum atomic E-state index is -4.97. The van der Waals surface area contributed by atoms with Crippen LogP contribution < -0.4 is 0 Å². The lowest BCUT2D eigenvalue weighted by Crippen LogP contribution is -2.50. The number of nitro benzene ring substituents is 1. The molecule has 1 amide bonds. The number of rotatable bonds is 4. The number of non-ortho nitro benzene ring substituents is 1. The Morgan fingerprint density at radius 1 is 1.03 bits per heavy atom. The smallest absolute Gasteiger partial charge is 0.336 e. The van der Waals surface area contributed by atoms with Crippen molar-refractivity contribution in [2.75, 3.05) is 26.2 Å². The van der Waals surface area contributed by atoms with E-state index in [-0.39, 0.29) is 36.6 Å². The van der Waals surface area contributed by atoms with E-state index in [0.29, 0.717) is 12.1 Å². The van der Waals surface area contributed by atoms with Gasteiger partial charge in [-0.1, -0.05) is 6.07 Å². The number of nitro groups is 1. The summed E-state index contributed by atoms with van der Waals surface area (Å²) in [5, 5.41) is 10.9. The van der Waals surface area contributed by atoms with E-state index in [0.717, 1.165) is 27.4 Å². The van der Waals surface area contributed by atoms with Gasteiger partial charge in [-0.3, -0.25) is 14.9 Å². The highest BCUT2D eigenvalue weighted by atomic mass is 32.2. The van der Waals surface area contributed by atoms with E-state index in [9.17, 15) is 40.9 Å². The first-order valence-corrected chi connectivity index (χ1v) is 10.3. The minimum Gasteiger partial charge on any atom is -0.336 e. The number of carbonyl (C=O) groups excluding carboxylic acids is 1. The summed E-state index contributed by atoms with van der Waals surface area (Å²) >= 11 is 0. The zero-order valence-corrected chi connectivity index (χ0v) is 16.5. The standard InChI is InChI=1S/C18H15F4N3O5S/c19-16-5-4-12(10-15(16)18(20,21)22)17(26)23-6-8-24(9-7-23)31(29,30)14-3-1-2-13(11-14)25(27)28/h1-5,10-11H,6-9H2. The molecule has 2 aromatic rings. The van der Waals surface area contributed by atoms with Gasteiger partial charge in [0.25, 0.3) is 11.6 Å². The number of piperazine rings is 1. The number of halogens is 4. The van der Waals surface area contributed by atoms with Gasteiger partial charge < -0.3 is 4.90 Å².